The number of carbonyl (C=O) groups is 1. The van der Waals surface area contributed by atoms with Gasteiger partial charge in [0, 0.05) is 11.0 Å². The van der Waals surface area contributed by atoms with Crippen LogP contribution in [0.3, 0.4) is 0 Å². The summed E-state index contributed by atoms with van der Waals surface area (Å²) >= 11 is 0. The van der Waals surface area contributed by atoms with E-state index < -0.39 is 5.97 Å². The van der Waals surface area contributed by atoms with Gasteiger partial charge in [0.25, 0.3) is 0 Å². The van der Waals surface area contributed by atoms with Gasteiger partial charge in [0.15, 0.2) is 0 Å². The van der Waals surface area contributed by atoms with Crippen LogP contribution in [0, 0.1) is 22.7 Å². The molecule has 4 heteroatoms. The Balaban J connectivity index is 1.67. The summed E-state index contributed by atoms with van der Waals surface area (Å²) in [6, 6.07) is 2.03. The summed E-state index contributed by atoms with van der Waals surface area (Å²) in [5.41, 5.74) is 1.69. The fourth-order valence-corrected chi connectivity index (χ4v) is 5.60. The number of rotatable bonds is 4. The number of furan rings is 1. The van der Waals surface area contributed by atoms with Crippen LogP contribution < -0.4 is 0 Å². The van der Waals surface area contributed by atoms with Gasteiger partial charge in [0.1, 0.15) is 0 Å². The Kier molecular flexibility index (Phi) is 3.64. The predicted molar refractivity (Wildman–Crippen MR) is 89.5 cm³/mol. The van der Waals surface area contributed by atoms with Gasteiger partial charge in [0.2, 0.25) is 0 Å². The van der Waals surface area contributed by atoms with E-state index in [4.69, 9.17) is 9.15 Å². The zero-order valence-corrected chi connectivity index (χ0v) is 14.5. The van der Waals surface area contributed by atoms with Crippen LogP contribution in [0.2, 0.25) is 0 Å². The van der Waals surface area contributed by atoms with Crippen molar-refractivity contribution >= 4 is 5.97 Å². The van der Waals surface area contributed by atoms with E-state index in [1.165, 1.54) is 5.56 Å². The summed E-state index contributed by atoms with van der Waals surface area (Å²) < 4.78 is 11.2. The van der Waals surface area contributed by atoms with Crippen molar-refractivity contribution in [2.24, 2.45) is 22.7 Å². The molecule has 2 fully saturated rings. The smallest absolute Gasteiger partial charge is 0.332 e. The molecule has 2 aliphatic heterocycles. The van der Waals surface area contributed by atoms with Crippen LogP contribution in [0.25, 0.3) is 0 Å². The van der Waals surface area contributed by atoms with Gasteiger partial charge in [-0.1, -0.05) is 13.8 Å². The second-order valence-corrected chi connectivity index (χ2v) is 8.26. The van der Waals surface area contributed by atoms with E-state index in [1.54, 1.807) is 6.26 Å². The third-order valence-corrected chi connectivity index (χ3v) is 7.29. The van der Waals surface area contributed by atoms with Crippen molar-refractivity contribution in [2.45, 2.75) is 52.1 Å². The maximum atomic E-state index is 11.9. The van der Waals surface area contributed by atoms with E-state index in [2.05, 4.69) is 13.8 Å². The molecule has 1 spiro atoms. The largest absolute Gasteiger partial charge is 0.478 e. The summed E-state index contributed by atoms with van der Waals surface area (Å²) in [5.74, 6) is 0.227. The first-order valence-electron chi connectivity index (χ1n) is 9.04. The Labute approximate surface area is 142 Å². The highest BCUT2D eigenvalue weighted by Gasteiger charge is 2.61. The highest BCUT2D eigenvalue weighted by atomic mass is 16.5. The van der Waals surface area contributed by atoms with Gasteiger partial charge >= 0.3 is 5.97 Å². The van der Waals surface area contributed by atoms with Crippen LogP contribution in [0.5, 0.6) is 0 Å². The van der Waals surface area contributed by atoms with Crippen LogP contribution in [0.1, 0.15) is 45.1 Å². The molecule has 5 rings (SSSR count). The van der Waals surface area contributed by atoms with Crippen LogP contribution in [0.15, 0.2) is 34.7 Å². The molecule has 4 nitrogen and oxygen atoms in total. The lowest BCUT2D eigenvalue weighted by molar-refractivity contribution is -0.170. The SMILES string of the molecule is C[C@H]1CC[C@]23CO[C@H](C=C2C(=O)O)C[C@H]3[C@]1(C)CCc1ccoc1. The molecule has 1 N–H and O–H groups in total. The van der Waals surface area contributed by atoms with Crippen molar-refractivity contribution in [2.75, 3.05) is 6.61 Å². The van der Waals surface area contributed by atoms with Gasteiger partial charge in [-0.15, -0.1) is 0 Å². The number of fused-ring (bicyclic) bond motifs is 1. The summed E-state index contributed by atoms with van der Waals surface area (Å²) in [6.07, 6.45) is 10.4. The maximum absolute atomic E-state index is 11.9. The van der Waals surface area contributed by atoms with Crippen molar-refractivity contribution in [3.05, 3.63) is 35.8 Å². The van der Waals surface area contributed by atoms with Crippen molar-refractivity contribution in [1.29, 1.82) is 0 Å². The second kappa shape index (κ2) is 5.48. The van der Waals surface area contributed by atoms with Crippen molar-refractivity contribution < 1.29 is 19.1 Å². The van der Waals surface area contributed by atoms with Gasteiger partial charge < -0.3 is 14.3 Å². The average molecular weight is 330 g/mol. The molecule has 4 aliphatic rings. The minimum atomic E-state index is -0.750. The van der Waals surface area contributed by atoms with Crippen molar-refractivity contribution in [3.8, 4) is 0 Å². The molecule has 24 heavy (non-hydrogen) atoms. The lowest BCUT2D eigenvalue weighted by atomic mass is 9.45. The molecule has 0 unspecified atom stereocenters. The molecule has 1 saturated carbocycles. The first kappa shape index (κ1) is 15.9. The van der Waals surface area contributed by atoms with Crippen LogP contribution in [-0.4, -0.2) is 23.8 Å². The summed E-state index contributed by atoms with van der Waals surface area (Å²) in [6.45, 7) is 5.30. The molecule has 2 bridgehead atoms. The third-order valence-electron chi connectivity index (χ3n) is 7.29. The Morgan fingerprint density at radius 2 is 2.29 bits per heavy atom. The third kappa shape index (κ3) is 2.19. The Morgan fingerprint density at radius 3 is 3.00 bits per heavy atom. The summed E-state index contributed by atoms with van der Waals surface area (Å²) in [5, 5.41) is 9.77. The molecule has 130 valence electrons. The van der Waals surface area contributed by atoms with E-state index >= 15 is 0 Å². The van der Waals surface area contributed by atoms with Crippen molar-refractivity contribution in [1.82, 2.24) is 0 Å². The van der Waals surface area contributed by atoms with Gasteiger partial charge in [-0.25, -0.2) is 4.79 Å². The number of carboxylic acids is 1. The molecule has 1 aromatic heterocycles. The van der Waals surface area contributed by atoms with E-state index in [9.17, 15) is 9.90 Å². The first-order chi connectivity index (χ1) is 11.5. The molecular formula is C20H26O4. The van der Waals surface area contributed by atoms with E-state index in [0.717, 1.165) is 32.1 Å². The van der Waals surface area contributed by atoms with Gasteiger partial charge in [-0.2, -0.15) is 0 Å². The summed E-state index contributed by atoms with van der Waals surface area (Å²) in [4.78, 5) is 11.9. The highest BCUT2D eigenvalue weighted by Crippen LogP contribution is 2.64. The molecule has 2 aliphatic carbocycles. The molecule has 5 atom stereocenters. The molecule has 0 aromatic carbocycles. The number of aryl methyl sites for hydroxylation is 1. The number of aliphatic carboxylic acids is 1. The lowest BCUT2D eigenvalue weighted by Crippen LogP contribution is -2.59. The molecule has 3 heterocycles. The normalized spacial score (nSPS) is 40.9. The number of ether oxygens (including phenoxy) is 1. The minimum Gasteiger partial charge on any atom is -0.478 e. The monoisotopic (exact) mass is 330 g/mol. The van der Waals surface area contributed by atoms with Gasteiger partial charge in [-0.05, 0) is 67.1 Å². The molecule has 0 radical (unpaired) electrons. The minimum absolute atomic E-state index is 0.0264. The zero-order chi connectivity index (χ0) is 16.9. The number of hydrogen-bond donors (Lipinski definition) is 1. The number of hydrogen-bond acceptors (Lipinski definition) is 3. The Hall–Kier alpha value is -1.55. The zero-order valence-electron chi connectivity index (χ0n) is 14.5. The molecule has 1 aromatic rings. The van der Waals surface area contributed by atoms with Crippen LogP contribution in [0.4, 0.5) is 0 Å². The Morgan fingerprint density at radius 1 is 1.46 bits per heavy atom. The number of carboxylic acid groups (broad SMARTS) is 1. The standard InChI is InChI=1S/C20H26O4/c1-13-3-7-20-12-24-15(9-16(20)18(21)22)10-17(20)19(13,2)6-4-14-5-8-23-11-14/h5,8-9,11,13,15,17H,3-4,6-7,10,12H2,1-2H3,(H,21,22)/t13-,15+,17-,19+,20-/m0/s1. The Bertz CT molecular complexity index is 661. The fraction of sp³-hybridized carbons (Fsp3) is 0.650. The van der Waals surface area contributed by atoms with Crippen LogP contribution in [-0.2, 0) is 16.0 Å². The van der Waals surface area contributed by atoms with E-state index in [1.807, 2.05) is 18.4 Å². The van der Waals surface area contributed by atoms with Crippen molar-refractivity contribution in [3.63, 3.8) is 0 Å². The molecule has 0 amide bonds. The quantitative estimate of drug-likeness (QED) is 0.904. The molecule has 1 saturated heterocycles. The average Bonchev–Trinajstić information content (AvgIpc) is 3.10. The first-order valence-corrected chi connectivity index (χ1v) is 9.04. The highest BCUT2D eigenvalue weighted by molar-refractivity contribution is 5.89. The second-order valence-electron chi connectivity index (χ2n) is 8.26. The van der Waals surface area contributed by atoms with Gasteiger partial charge in [0.05, 0.1) is 25.2 Å². The van der Waals surface area contributed by atoms with Gasteiger partial charge in [-0.3, -0.25) is 0 Å². The topological polar surface area (TPSA) is 59.7 Å². The van der Waals surface area contributed by atoms with Crippen LogP contribution >= 0.6 is 0 Å². The van der Waals surface area contributed by atoms with E-state index in [0.29, 0.717) is 24.0 Å². The maximum Gasteiger partial charge on any atom is 0.332 e. The van der Waals surface area contributed by atoms with E-state index in [-0.39, 0.29) is 16.9 Å². The predicted octanol–water partition coefficient (Wildman–Crippen LogP) is 4.06. The fourth-order valence-electron chi connectivity index (χ4n) is 5.60. The lowest BCUT2D eigenvalue weighted by Gasteiger charge is -2.62. The molecular weight excluding hydrogens is 304 g/mol. The summed E-state index contributed by atoms with van der Waals surface area (Å²) in [7, 11) is 0.